The van der Waals surface area contributed by atoms with Gasteiger partial charge in [-0.3, -0.25) is 0 Å². The maximum Gasteiger partial charge on any atom is 0.276 e. The van der Waals surface area contributed by atoms with Crippen molar-refractivity contribution in [3.8, 4) is 26.7 Å². The van der Waals surface area contributed by atoms with Crippen molar-refractivity contribution < 1.29 is 8.42 Å². The minimum absolute atomic E-state index is 0.293. The predicted octanol–water partition coefficient (Wildman–Crippen LogP) is 6.23. The topological polar surface area (TPSA) is 56.3 Å². The van der Waals surface area contributed by atoms with Crippen molar-refractivity contribution in [3.63, 3.8) is 0 Å². The number of halogens is 1. The largest absolute Gasteiger partial charge is 0.303 e. The summed E-state index contributed by atoms with van der Waals surface area (Å²) in [7, 11) is -3.29. The van der Waals surface area contributed by atoms with E-state index in [1.165, 1.54) is 6.26 Å². The summed E-state index contributed by atoms with van der Waals surface area (Å²) in [5.41, 5.74) is 2.68. The predicted molar refractivity (Wildman–Crippen MR) is 128 cm³/mol. The van der Waals surface area contributed by atoms with Gasteiger partial charge in [-0.1, -0.05) is 35.9 Å². The molecular weight excluding hydrogens is 462 g/mol. The molecule has 1 saturated carbocycles. The molecule has 0 spiro atoms. The molecule has 8 heteroatoms. The Kier molecular flexibility index (Phi) is 4.97. The van der Waals surface area contributed by atoms with Crippen LogP contribution in [-0.4, -0.2) is 24.5 Å². The molecule has 2 aromatic carbocycles. The van der Waals surface area contributed by atoms with Crippen LogP contribution in [0.15, 0.2) is 71.6 Å². The highest BCUT2D eigenvalue weighted by atomic mass is 35.5. The Labute approximate surface area is 195 Å². The average Bonchev–Trinajstić information content (AvgIpc) is 3.21. The molecule has 0 aliphatic heterocycles. The van der Waals surface area contributed by atoms with Crippen LogP contribution >= 0.6 is 22.9 Å². The van der Waals surface area contributed by atoms with E-state index in [1.807, 2.05) is 53.2 Å². The van der Waals surface area contributed by atoms with Crippen molar-refractivity contribution in [2.24, 2.45) is 0 Å². The SMILES string of the molecule is [C-]#[N+]C1(c2cc(-c3ccc(-c4cccc(S(C)(=O)=O)c4)s3)n(-c3ccccc3Cl)n2)CC1. The molecular formula is C24H18ClN3O2S2. The second kappa shape index (κ2) is 7.59. The van der Waals surface area contributed by atoms with Gasteiger partial charge in [0.25, 0.3) is 5.54 Å². The van der Waals surface area contributed by atoms with Crippen molar-refractivity contribution in [2.45, 2.75) is 23.3 Å². The molecule has 1 fully saturated rings. The molecule has 160 valence electrons. The fraction of sp³-hybridized carbons (Fsp3) is 0.167. The maximum atomic E-state index is 12.0. The van der Waals surface area contributed by atoms with E-state index >= 15 is 0 Å². The van der Waals surface area contributed by atoms with Gasteiger partial charge in [0.15, 0.2) is 9.84 Å². The van der Waals surface area contributed by atoms with Crippen LogP contribution in [0.5, 0.6) is 0 Å². The Morgan fingerprint density at radius 3 is 2.50 bits per heavy atom. The van der Waals surface area contributed by atoms with E-state index in [0.29, 0.717) is 9.92 Å². The van der Waals surface area contributed by atoms with Crippen LogP contribution < -0.4 is 0 Å². The van der Waals surface area contributed by atoms with Crippen molar-refractivity contribution in [3.05, 3.63) is 88.9 Å². The lowest BCUT2D eigenvalue weighted by Crippen LogP contribution is -2.04. The Morgan fingerprint density at radius 2 is 1.81 bits per heavy atom. The Balaban J connectivity index is 1.63. The van der Waals surface area contributed by atoms with Gasteiger partial charge in [0, 0.05) is 24.0 Å². The zero-order chi connectivity index (χ0) is 22.5. The van der Waals surface area contributed by atoms with Gasteiger partial charge in [0.1, 0.15) is 5.69 Å². The molecule has 0 unspecified atom stereocenters. The molecule has 0 atom stereocenters. The number of rotatable bonds is 5. The molecule has 0 N–H and O–H groups in total. The molecule has 2 aromatic heterocycles. The van der Waals surface area contributed by atoms with E-state index < -0.39 is 15.4 Å². The average molecular weight is 480 g/mol. The smallest absolute Gasteiger partial charge is 0.276 e. The summed E-state index contributed by atoms with van der Waals surface area (Å²) in [5.74, 6) is 0. The lowest BCUT2D eigenvalue weighted by atomic mass is 10.1. The number of thiophene rings is 1. The van der Waals surface area contributed by atoms with Gasteiger partial charge in [-0.25, -0.2) is 19.7 Å². The summed E-state index contributed by atoms with van der Waals surface area (Å²) < 4.78 is 25.7. The lowest BCUT2D eigenvalue weighted by Gasteiger charge is -2.08. The molecule has 1 aliphatic carbocycles. The lowest BCUT2D eigenvalue weighted by molar-refractivity contribution is 0.602. The van der Waals surface area contributed by atoms with Crippen molar-refractivity contribution in [1.29, 1.82) is 0 Å². The van der Waals surface area contributed by atoms with Crippen molar-refractivity contribution >= 4 is 32.8 Å². The zero-order valence-corrected chi connectivity index (χ0v) is 19.5. The van der Waals surface area contributed by atoms with Gasteiger partial charge in [-0.15, -0.1) is 11.3 Å². The van der Waals surface area contributed by atoms with Crippen molar-refractivity contribution in [2.75, 3.05) is 6.26 Å². The number of sulfone groups is 1. The Hall–Kier alpha value is -2.92. The first-order chi connectivity index (χ1) is 15.3. The molecule has 0 saturated heterocycles. The van der Waals surface area contributed by atoms with Crippen LogP contribution in [-0.2, 0) is 15.4 Å². The van der Waals surface area contributed by atoms with E-state index in [1.54, 1.807) is 29.5 Å². The number of hydrogen-bond acceptors (Lipinski definition) is 4. The Morgan fingerprint density at radius 1 is 1.06 bits per heavy atom. The van der Waals surface area contributed by atoms with E-state index in [4.69, 9.17) is 23.3 Å². The molecule has 0 bridgehead atoms. The highest BCUT2D eigenvalue weighted by Crippen LogP contribution is 2.50. The molecule has 32 heavy (non-hydrogen) atoms. The number of aromatic nitrogens is 2. The summed E-state index contributed by atoms with van der Waals surface area (Å²) in [6, 6.07) is 20.4. The van der Waals surface area contributed by atoms with E-state index in [0.717, 1.165) is 45.2 Å². The van der Waals surface area contributed by atoms with E-state index in [9.17, 15) is 8.42 Å². The standard InChI is InChI=1S/C24H18ClN3O2S2/c1-26-24(12-13-24)23-15-20(28(27-23)19-9-4-3-8-18(19)25)22-11-10-21(31-22)16-6-5-7-17(14-16)32(2,29)30/h3-11,14-15H,12-13H2,2H3. The number of hydrogen-bond donors (Lipinski definition) is 0. The van der Waals surface area contributed by atoms with Gasteiger partial charge in [0.2, 0.25) is 0 Å². The van der Waals surface area contributed by atoms with Crippen molar-refractivity contribution in [1.82, 2.24) is 9.78 Å². The molecule has 2 heterocycles. The van der Waals surface area contributed by atoms with E-state index in [-0.39, 0.29) is 0 Å². The quantitative estimate of drug-likeness (QED) is 0.319. The third-order valence-electron chi connectivity index (χ3n) is 5.61. The third-order valence-corrected chi connectivity index (χ3v) is 8.20. The number of para-hydroxylation sites is 1. The highest BCUT2D eigenvalue weighted by molar-refractivity contribution is 7.90. The van der Waals surface area contributed by atoms with Crippen LogP contribution in [0.3, 0.4) is 0 Å². The van der Waals surface area contributed by atoms with Crippen LogP contribution in [0.2, 0.25) is 5.02 Å². The van der Waals surface area contributed by atoms with Gasteiger partial charge < -0.3 is 4.85 Å². The van der Waals surface area contributed by atoms with Gasteiger partial charge >= 0.3 is 0 Å². The first kappa shape index (κ1) is 21.0. The monoisotopic (exact) mass is 479 g/mol. The minimum atomic E-state index is -3.29. The molecule has 5 rings (SSSR count). The molecule has 0 amide bonds. The minimum Gasteiger partial charge on any atom is -0.303 e. The second-order valence-electron chi connectivity index (χ2n) is 7.89. The summed E-state index contributed by atoms with van der Waals surface area (Å²) in [4.78, 5) is 6.04. The zero-order valence-electron chi connectivity index (χ0n) is 17.1. The highest BCUT2D eigenvalue weighted by Gasteiger charge is 2.55. The summed E-state index contributed by atoms with van der Waals surface area (Å²) in [5, 5.41) is 5.37. The fourth-order valence-corrected chi connectivity index (χ4v) is 5.53. The van der Waals surface area contributed by atoms with E-state index in [2.05, 4.69) is 4.85 Å². The van der Waals surface area contributed by atoms with Crippen LogP contribution in [0, 0.1) is 6.57 Å². The summed E-state index contributed by atoms with van der Waals surface area (Å²) >= 11 is 8.03. The first-order valence-corrected chi connectivity index (χ1v) is 13.0. The molecule has 5 nitrogen and oxygen atoms in total. The molecule has 1 aliphatic rings. The molecule has 4 aromatic rings. The first-order valence-electron chi connectivity index (χ1n) is 9.95. The second-order valence-corrected chi connectivity index (χ2v) is 11.4. The van der Waals surface area contributed by atoms with Crippen LogP contribution in [0.4, 0.5) is 0 Å². The molecule has 0 radical (unpaired) electrons. The Bertz CT molecular complexity index is 1490. The normalized spacial score (nSPS) is 14.8. The summed E-state index contributed by atoms with van der Waals surface area (Å²) in [6.07, 6.45) is 2.83. The van der Waals surface area contributed by atoms with Gasteiger partial charge in [-0.05, 0) is 48.0 Å². The fourth-order valence-electron chi connectivity index (χ4n) is 3.65. The van der Waals surface area contributed by atoms with Gasteiger partial charge in [0.05, 0.1) is 26.2 Å². The van der Waals surface area contributed by atoms with Crippen LogP contribution in [0.1, 0.15) is 18.5 Å². The van der Waals surface area contributed by atoms with Crippen LogP contribution in [0.25, 0.3) is 31.5 Å². The summed E-state index contributed by atoms with van der Waals surface area (Å²) in [6.45, 7) is 7.63. The third kappa shape index (κ3) is 3.65. The number of benzene rings is 2. The number of nitrogens with zero attached hydrogens (tertiary/aromatic N) is 3. The maximum absolute atomic E-state index is 12.0. The van der Waals surface area contributed by atoms with Gasteiger partial charge in [-0.2, -0.15) is 5.10 Å².